The fourth-order valence-electron chi connectivity index (χ4n) is 2.21. The van der Waals surface area contributed by atoms with E-state index in [1.54, 1.807) is 36.4 Å². The summed E-state index contributed by atoms with van der Waals surface area (Å²) in [4.78, 5) is 23.4. The average Bonchev–Trinajstić information content (AvgIpc) is 2.61. The molecular weight excluding hydrogens is 388 g/mol. The van der Waals surface area contributed by atoms with Crippen LogP contribution < -0.4 is 20.5 Å². The molecule has 3 N–H and O–H groups in total. The summed E-state index contributed by atoms with van der Waals surface area (Å²) >= 11 is 3.40. The van der Waals surface area contributed by atoms with Gasteiger partial charge in [-0.2, -0.15) is 0 Å². The number of rotatable bonds is 7. The molecule has 6 nitrogen and oxygen atoms in total. The van der Waals surface area contributed by atoms with Crippen LogP contribution in [0.1, 0.15) is 33.2 Å². The zero-order valence-corrected chi connectivity index (χ0v) is 15.6. The van der Waals surface area contributed by atoms with E-state index in [0.29, 0.717) is 40.3 Å². The number of halogens is 1. The maximum atomic E-state index is 12.4. The number of amides is 2. The standard InChI is InChI=1S/C18H19BrN2O4/c1-3-25-16-14(19)8-13(9-15(16)24-2)18(23)21-10-11-4-6-12(7-5-11)17(20)22/h4-9H,3,10H2,1-2H3,(H2,20,22)(H,21,23). The number of primary amides is 1. The Balaban J connectivity index is 2.10. The van der Waals surface area contributed by atoms with Gasteiger partial charge in [-0.1, -0.05) is 12.1 Å². The Morgan fingerprint density at radius 3 is 2.40 bits per heavy atom. The molecule has 0 saturated carbocycles. The van der Waals surface area contributed by atoms with Crippen LogP contribution in [0.3, 0.4) is 0 Å². The first kappa shape index (κ1) is 18.8. The molecule has 2 aromatic rings. The molecule has 0 heterocycles. The van der Waals surface area contributed by atoms with Crippen molar-refractivity contribution in [1.29, 1.82) is 0 Å². The van der Waals surface area contributed by atoms with Crippen LogP contribution in [0.25, 0.3) is 0 Å². The largest absolute Gasteiger partial charge is 0.493 e. The molecule has 0 spiro atoms. The van der Waals surface area contributed by atoms with E-state index in [-0.39, 0.29) is 5.91 Å². The number of hydrogen-bond donors (Lipinski definition) is 2. The van der Waals surface area contributed by atoms with E-state index in [9.17, 15) is 9.59 Å². The van der Waals surface area contributed by atoms with E-state index < -0.39 is 5.91 Å². The van der Waals surface area contributed by atoms with Crippen LogP contribution in [0.15, 0.2) is 40.9 Å². The van der Waals surface area contributed by atoms with Crippen LogP contribution in [0.2, 0.25) is 0 Å². The highest BCUT2D eigenvalue weighted by Gasteiger charge is 2.15. The number of methoxy groups -OCH3 is 1. The molecule has 7 heteroatoms. The van der Waals surface area contributed by atoms with E-state index >= 15 is 0 Å². The second-order valence-corrected chi connectivity index (χ2v) is 6.02. The highest BCUT2D eigenvalue weighted by Crippen LogP contribution is 2.36. The second kappa shape index (κ2) is 8.53. The minimum Gasteiger partial charge on any atom is -0.493 e. The van der Waals surface area contributed by atoms with Crippen LogP contribution in [0.4, 0.5) is 0 Å². The van der Waals surface area contributed by atoms with Crippen molar-refractivity contribution in [2.75, 3.05) is 13.7 Å². The smallest absolute Gasteiger partial charge is 0.251 e. The molecular formula is C18H19BrN2O4. The van der Waals surface area contributed by atoms with Gasteiger partial charge in [0.1, 0.15) is 0 Å². The van der Waals surface area contributed by atoms with E-state index in [0.717, 1.165) is 5.56 Å². The Bertz CT molecular complexity index is 775. The molecule has 0 saturated heterocycles. The van der Waals surface area contributed by atoms with Gasteiger partial charge in [0.05, 0.1) is 18.2 Å². The summed E-state index contributed by atoms with van der Waals surface area (Å²) in [6.45, 7) is 2.68. The monoisotopic (exact) mass is 406 g/mol. The Kier molecular flexibility index (Phi) is 6.41. The minimum absolute atomic E-state index is 0.249. The normalized spacial score (nSPS) is 10.2. The number of ether oxygens (including phenoxy) is 2. The van der Waals surface area contributed by atoms with Gasteiger partial charge in [0.25, 0.3) is 5.91 Å². The highest BCUT2D eigenvalue weighted by molar-refractivity contribution is 9.10. The maximum Gasteiger partial charge on any atom is 0.251 e. The summed E-state index contributed by atoms with van der Waals surface area (Å²) in [7, 11) is 1.52. The molecule has 0 atom stereocenters. The van der Waals surface area contributed by atoms with Gasteiger partial charge < -0.3 is 20.5 Å². The molecule has 0 aliphatic heterocycles. The number of carbonyl (C=O) groups is 2. The molecule has 2 amide bonds. The number of nitrogens with one attached hydrogen (secondary N) is 1. The van der Waals surface area contributed by atoms with Crippen molar-refractivity contribution in [3.05, 3.63) is 57.6 Å². The van der Waals surface area contributed by atoms with Gasteiger partial charge in [0, 0.05) is 17.7 Å². The Hall–Kier alpha value is -2.54. The van der Waals surface area contributed by atoms with Crippen LogP contribution >= 0.6 is 15.9 Å². The zero-order valence-electron chi connectivity index (χ0n) is 14.0. The van der Waals surface area contributed by atoms with E-state index in [1.807, 2.05) is 6.92 Å². The molecule has 0 aliphatic rings. The minimum atomic E-state index is -0.484. The third-order valence-electron chi connectivity index (χ3n) is 3.47. The SMILES string of the molecule is CCOc1c(Br)cc(C(=O)NCc2ccc(C(N)=O)cc2)cc1OC. The van der Waals surface area contributed by atoms with Crippen molar-refractivity contribution >= 4 is 27.7 Å². The molecule has 0 unspecified atom stereocenters. The fourth-order valence-corrected chi connectivity index (χ4v) is 2.76. The van der Waals surface area contributed by atoms with E-state index in [1.165, 1.54) is 7.11 Å². The molecule has 0 fully saturated rings. The lowest BCUT2D eigenvalue weighted by Crippen LogP contribution is -2.23. The van der Waals surface area contributed by atoms with Crippen LogP contribution in [0, 0.1) is 0 Å². The summed E-state index contributed by atoms with van der Waals surface area (Å²) in [5, 5.41) is 2.82. The quantitative estimate of drug-likeness (QED) is 0.739. The van der Waals surface area contributed by atoms with Crippen LogP contribution in [-0.4, -0.2) is 25.5 Å². The molecule has 0 aromatic heterocycles. The molecule has 25 heavy (non-hydrogen) atoms. The summed E-state index contributed by atoms with van der Waals surface area (Å²) in [6, 6.07) is 10.0. The highest BCUT2D eigenvalue weighted by atomic mass is 79.9. The van der Waals surface area contributed by atoms with Crippen molar-refractivity contribution in [1.82, 2.24) is 5.32 Å². The maximum absolute atomic E-state index is 12.4. The molecule has 0 aliphatic carbocycles. The van der Waals surface area contributed by atoms with Crippen molar-refractivity contribution < 1.29 is 19.1 Å². The predicted molar refractivity (Wildman–Crippen MR) is 98.0 cm³/mol. The van der Waals surface area contributed by atoms with Gasteiger partial charge in [-0.25, -0.2) is 0 Å². The van der Waals surface area contributed by atoms with Gasteiger partial charge in [-0.3, -0.25) is 9.59 Å². The molecule has 2 rings (SSSR count). The van der Waals surface area contributed by atoms with Crippen molar-refractivity contribution in [2.45, 2.75) is 13.5 Å². The molecule has 0 bridgehead atoms. The number of benzene rings is 2. The summed E-state index contributed by atoms with van der Waals surface area (Å²) < 4.78 is 11.4. The number of hydrogen-bond acceptors (Lipinski definition) is 4. The lowest BCUT2D eigenvalue weighted by atomic mass is 10.1. The summed E-state index contributed by atoms with van der Waals surface area (Å²) in [5.41, 5.74) is 6.93. The third kappa shape index (κ3) is 4.73. The Morgan fingerprint density at radius 2 is 1.84 bits per heavy atom. The van der Waals surface area contributed by atoms with Gasteiger partial charge in [-0.05, 0) is 52.7 Å². The van der Waals surface area contributed by atoms with Gasteiger partial charge in [0.2, 0.25) is 5.91 Å². The lowest BCUT2D eigenvalue weighted by Gasteiger charge is -2.13. The molecule has 2 aromatic carbocycles. The van der Waals surface area contributed by atoms with Crippen molar-refractivity contribution in [2.24, 2.45) is 5.73 Å². The van der Waals surface area contributed by atoms with Crippen LogP contribution in [-0.2, 0) is 6.54 Å². The fraction of sp³-hybridized carbons (Fsp3) is 0.222. The number of nitrogens with two attached hydrogens (primary N) is 1. The average molecular weight is 407 g/mol. The van der Waals surface area contributed by atoms with Gasteiger partial charge in [-0.15, -0.1) is 0 Å². The van der Waals surface area contributed by atoms with E-state index in [2.05, 4.69) is 21.2 Å². The third-order valence-corrected chi connectivity index (χ3v) is 4.06. The summed E-state index contributed by atoms with van der Waals surface area (Å²) in [6.07, 6.45) is 0. The lowest BCUT2D eigenvalue weighted by molar-refractivity contribution is 0.0948. The first-order valence-corrected chi connectivity index (χ1v) is 8.42. The van der Waals surface area contributed by atoms with Gasteiger partial charge >= 0.3 is 0 Å². The number of carbonyl (C=O) groups excluding carboxylic acids is 2. The first-order valence-electron chi connectivity index (χ1n) is 7.63. The Labute approximate surface area is 154 Å². The van der Waals surface area contributed by atoms with Crippen LogP contribution in [0.5, 0.6) is 11.5 Å². The first-order chi connectivity index (χ1) is 12.0. The van der Waals surface area contributed by atoms with E-state index in [4.69, 9.17) is 15.2 Å². The van der Waals surface area contributed by atoms with Crippen molar-refractivity contribution in [3.8, 4) is 11.5 Å². The predicted octanol–water partition coefficient (Wildman–Crippen LogP) is 2.89. The van der Waals surface area contributed by atoms with Gasteiger partial charge in [0.15, 0.2) is 11.5 Å². The Morgan fingerprint density at radius 1 is 1.16 bits per heavy atom. The topological polar surface area (TPSA) is 90.6 Å². The molecule has 132 valence electrons. The molecule has 0 radical (unpaired) electrons. The summed E-state index contributed by atoms with van der Waals surface area (Å²) in [5.74, 6) is 0.304. The second-order valence-electron chi connectivity index (χ2n) is 5.17. The van der Waals surface area contributed by atoms with Crippen molar-refractivity contribution in [3.63, 3.8) is 0 Å². The zero-order chi connectivity index (χ0) is 18.4.